The fourth-order valence-electron chi connectivity index (χ4n) is 10.2. The van der Waals surface area contributed by atoms with E-state index in [-0.39, 0.29) is 31.0 Å². The average molecular weight is 923 g/mol. The molecule has 346 valence electrons. The van der Waals surface area contributed by atoms with Crippen LogP contribution in [0.15, 0.2) is 23.6 Å². The molecule has 8 atom stereocenters. The number of alkyl carbamates (subject to hydrolysis) is 1. The van der Waals surface area contributed by atoms with Gasteiger partial charge in [0.1, 0.15) is 58.7 Å². The van der Waals surface area contributed by atoms with Crippen molar-refractivity contribution in [2.75, 3.05) is 51.3 Å². The smallest absolute Gasteiger partial charge is 0.408 e. The van der Waals surface area contributed by atoms with Gasteiger partial charge in [-0.05, 0) is 82.3 Å². The zero-order valence-corrected chi connectivity index (χ0v) is 38.2. The number of pyridine rings is 1. The average Bonchev–Trinajstić information content (AvgIpc) is 3.92. The first-order chi connectivity index (χ1) is 30.9. The predicted molar refractivity (Wildman–Crippen MR) is 241 cm³/mol. The SMILES string of the molecule is CC(C)Nc1nc(-c2cc(O[C@@H]3C[C@H]4C(=O)N[C@]5(C(=O)O)C[C@H]5CCCCCCC[C@H](NC(=O)O[C@@H]5C[C@@H]6C[C@@H]6C5)C(=O)N4C3)c3ccc(OCCN4CCOCC4)c(Cl)c3n2)cs1. The van der Waals surface area contributed by atoms with Gasteiger partial charge in [0, 0.05) is 48.9 Å². The van der Waals surface area contributed by atoms with E-state index < -0.39 is 47.6 Å². The Morgan fingerprint density at radius 2 is 1.77 bits per heavy atom. The number of hydrogen-bond donors (Lipinski definition) is 4. The third-order valence-electron chi connectivity index (χ3n) is 13.9. The number of halogens is 1. The Balaban J connectivity index is 1.01. The standard InChI is InChI=1S/C46H60ClN7O9S/c1-26(2)48-44-50-35(25-64-44)34-22-38(32-10-11-37(39(47)40(32)49-34)61-17-14-53-12-15-60-16-13-53)62-31-21-36-41(55)52-46(43(57)58)23-29(46)8-6-4-3-5-7-9-33(42(56)54(36)24-31)51-45(59)63-30-19-27-18-28(27)20-30/h10-11,22,25-31,33,36H,3-9,12-21,23-24H2,1-2H3,(H,48,50)(H,51,59)(H,52,55)(H,57,58)/t27-,28+,29-,30+,31-,33+,36+,46-/m1/s1. The van der Waals surface area contributed by atoms with E-state index in [2.05, 4.69) is 20.9 Å². The molecule has 6 aliphatic rings. The van der Waals surface area contributed by atoms with Gasteiger partial charge >= 0.3 is 12.1 Å². The molecule has 3 saturated carbocycles. The quantitative estimate of drug-likeness (QED) is 0.154. The minimum Gasteiger partial charge on any atom is -0.491 e. The second-order valence-electron chi connectivity index (χ2n) is 18.9. The molecule has 0 radical (unpaired) electrons. The van der Waals surface area contributed by atoms with E-state index in [1.165, 1.54) is 22.7 Å². The van der Waals surface area contributed by atoms with Crippen LogP contribution in [-0.4, -0.2) is 131 Å². The van der Waals surface area contributed by atoms with E-state index in [4.69, 9.17) is 40.5 Å². The van der Waals surface area contributed by atoms with Gasteiger partial charge in [-0.1, -0.05) is 43.7 Å². The summed E-state index contributed by atoms with van der Waals surface area (Å²) in [5.74, 6) is -0.124. The Hall–Kier alpha value is -4.45. The van der Waals surface area contributed by atoms with Crippen LogP contribution in [0.2, 0.25) is 5.02 Å². The number of fused-ring (bicyclic) bond motifs is 4. The van der Waals surface area contributed by atoms with Crippen molar-refractivity contribution >= 4 is 62.8 Å². The Kier molecular flexibility index (Phi) is 13.4. The first-order valence-corrected chi connectivity index (χ1v) is 24.5. The van der Waals surface area contributed by atoms with E-state index in [1.54, 1.807) is 12.1 Å². The van der Waals surface area contributed by atoms with Crippen molar-refractivity contribution < 1.29 is 43.2 Å². The summed E-state index contributed by atoms with van der Waals surface area (Å²) in [7, 11) is 0. The number of carbonyl (C=O) groups is 4. The Bertz CT molecular complexity index is 2210. The molecule has 0 bridgehead atoms. The fraction of sp³-hybridized carbons (Fsp3) is 0.652. The number of nitrogens with one attached hydrogen (secondary N) is 3. The molecule has 3 aliphatic carbocycles. The van der Waals surface area contributed by atoms with Gasteiger partial charge in [-0.25, -0.2) is 19.6 Å². The number of thiazole rings is 1. The molecule has 16 nitrogen and oxygen atoms in total. The van der Waals surface area contributed by atoms with Crippen LogP contribution < -0.4 is 25.4 Å². The van der Waals surface area contributed by atoms with E-state index in [1.807, 2.05) is 25.3 Å². The van der Waals surface area contributed by atoms with Crippen LogP contribution in [-0.2, 0) is 23.9 Å². The van der Waals surface area contributed by atoms with Crippen molar-refractivity contribution in [1.29, 1.82) is 0 Å². The molecular weight excluding hydrogens is 862 g/mol. The van der Waals surface area contributed by atoms with Gasteiger partial charge in [-0.3, -0.25) is 14.5 Å². The third kappa shape index (κ3) is 10.0. The molecule has 0 spiro atoms. The minimum absolute atomic E-state index is 0.00834. The maximum absolute atomic E-state index is 14.8. The molecule has 18 heteroatoms. The number of aromatic nitrogens is 2. The van der Waals surface area contributed by atoms with Crippen molar-refractivity contribution in [2.45, 2.75) is 127 Å². The van der Waals surface area contributed by atoms with Crippen molar-refractivity contribution in [2.24, 2.45) is 17.8 Å². The number of rotatable bonds is 12. The highest BCUT2D eigenvalue weighted by Crippen LogP contribution is 2.52. The van der Waals surface area contributed by atoms with Crippen LogP contribution in [0.25, 0.3) is 22.3 Å². The number of carboxylic acid groups (broad SMARTS) is 1. The number of benzene rings is 1. The van der Waals surface area contributed by atoms with Gasteiger partial charge in [0.05, 0.1) is 31.0 Å². The van der Waals surface area contributed by atoms with Gasteiger partial charge in [0.25, 0.3) is 0 Å². The van der Waals surface area contributed by atoms with Crippen LogP contribution >= 0.6 is 22.9 Å². The topological polar surface area (TPSA) is 194 Å². The number of ether oxygens (including phenoxy) is 4. The fourth-order valence-corrected chi connectivity index (χ4v) is 11.3. The number of amides is 3. The van der Waals surface area contributed by atoms with E-state index >= 15 is 0 Å². The Morgan fingerprint density at radius 1 is 1.00 bits per heavy atom. The molecule has 3 amide bonds. The van der Waals surface area contributed by atoms with Crippen LogP contribution in [0, 0.1) is 17.8 Å². The first-order valence-electron chi connectivity index (χ1n) is 23.2. The molecule has 5 heterocycles. The van der Waals surface area contributed by atoms with Crippen molar-refractivity contribution in [1.82, 2.24) is 30.4 Å². The van der Waals surface area contributed by atoms with Crippen LogP contribution in [0.1, 0.15) is 90.9 Å². The van der Waals surface area contributed by atoms with Gasteiger partial charge < -0.3 is 44.9 Å². The maximum Gasteiger partial charge on any atom is 0.408 e. The lowest BCUT2D eigenvalue weighted by Crippen LogP contribution is -2.56. The molecule has 1 aromatic carbocycles. The molecule has 2 aromatic heterocycles. The molecule has 6 fully saturated rings. The number of aliphatic carboxylic acids is 1. The second-order valence-corrected chi connectivity index (χ2v) is 20.1. The predicted octanol–water partition coefficient (Wildman–Crippen LogP) is 6.49. The van der Waals surface area contributed by atoms with Gasteiger partial charge in [0.2, 0.25) is 11.8 Å². The molecule has 64 heavy (non-hydrogen) atoms. The molecular formula is C46H60ClN7O9S. The number of carbonyl (C=O) groups excluding carboxylic acids is 3. The molecule has 3 aromatic rings. The summed E-state index contributed by atoms with van der Waals surface area (Å²) in [6.45, 7) is 8.25. The van der Waals surface area contributed by atoms with Crippen molar-refractivity contribution in [3.05, 3.63) is 28.6 Å². The monoisotopic (exact) mass is 921 g/mol. The lowest BCUT2D eigenvalue weighted by atomic mass is 10.0. The highest BCUT2D eigenvalue weighted by molar-refractivity contribution is 7.14. The summed E-state index contributed by atoms with van der Waals surface area (Å²) in [6.07, 6.45) is 7.07. The summed E-state index contributed by atoms with van der Waals surface area (Å²) in [5, 5.41) is 23.1. The van der Waals surface area contributed by atoms with Gasteiger partial charge in [0.15, 0.2) is 5.13 Å². The minimum atomic E-state index is -1.39. The second kappa shape index (κ2) is 19.2. The van der Waals surface area contributed by atoms with Crippen LogP contribution in [0.5, 0.6) is 11.5 Å². The zero-order valence-electron chi connectivity index (χ0n) is 36.7. The molecule has 3 saturated heterocycles. The molecule has 0 unspecified atom stereocenters. The van der Waals surface area contributed by atoms with Crippen LogP contribution in [0.3, 0.4) is 0 Å². The highest BCUT2D eigenvalue weighted by atomic mass is 35.5. The summed E-state index contributed by atoms with van der Waals surface area (Å²) in [5.41, 5.74) is 0.170. The van der Waals surface area contributed by atoms with Crippen molar-refractivity contribution in [3.63, 3.8) is 0 Å². The maximum atomic E-state index is 14.8. The van der Waals surface area contributed by atoms with E-state index in [0.717, 1.165) is 56.7 Å². The normalized spacial score (nSPS) is 29.8. The lowest BCUT2D eigenvalue weighted by molar-refractivity contribution is -0.146. The van der Waals surface area contributed by atoms with Gasteiger partial charge in [-0.15, -0.1) is 11.3 Å². The van der Waals surface area contributed by atoms with Gasteiger partial charge in [-0.2, -0.15) is 0 Å². The van der Waals surface area contributed by atoms with E-state index in [0.29, 0.717) is 103 Å². The number of hydrogen-bond acceptors (Lipinski definition) is 13. The highest BCUT2D eigenvalue weighted by Gasteiger charge is 2.62. The zero-order chi connectivity index (χ0) is 44.5. The molecule has 4 N–H and O–H groups in total. The summed E-state index contributed by atoms with van der Waals surface area (Å²) in [4.78, 5) is 68.9. The summed E-state index contributed by atoms with van der Waals surface area (Å²) < 4.78 is 24.4. The van der Waals surface area contributed by atoms with E-state index in [9.17, 15) is 24.3 Å². The Labute approximate surface area is 382 Å². The first kappa shape index (κ1) is 44.7. The molecule has 9 rings (SSSR count). The number of anilines is 1. The number of carboxylic acids is 1. The third-order valence-corrected chi connectivity index (χ3v) is 15.0. The Morgan fingerprint density at radius 3 is 2.53 bits per heavy atom. The summed E-state index contributed by atoms with van der Waals surface area (Å²) >= 11 is 8.57. The number of nitrogens with zero attached hydrogens (tertiary/aromatic N) is 4. The number of morpholine rings is 1. The molecule has 3 aliphatic heterocycles. The largest absolute Gasteiger partial charge is 0.491 e. The summed E-state index contributed by atoms with van der Waals surface area (Å²) in [6, 6.07) is 3.59. The lowest BCUT2D eigenvalue weighted by Gasteiger charge is -2.29. The van der Waals surface area contributed by atoms with Crippen molar-refractivity contribution in [3.8, 4) is 22.9 Å². The van der Waals surface area contributed by atoms with Crippen LogP contribution in [0.4, 0.5) is 9.93 Å².